The lowest BCUT2D eigenvalue weighted by atomic mass is 9.82. The Hall–Kier alpha value is -2.78. The molecular formula is C19H23N3O6. The van der Waals surface area contributed by atoms with Crippen LogP contribution in [0.5, 0.6) is 0 Å². The number of nitrogens with zero attached hydrogens (tertiary/aromatic N) is 2. The number of hydrogen-bond donors (Lipinski definition) is 3. The fourth-order valence-corrected chi connectivity index (χ4v) is 3.85. The average Bonchev–Trinajstić information content (AvgIpc) is 3.24. The third-order valence-corrected chi connectivity index (χ3v) is 5.50. The smallest absolute Gasteiger partial charge is 0.269 e. The molecule has 2 heterocycles. The number of likely N-dealkylation sites (tertiary alicyclic amines) is 1. The second kappa shape index (κ2) is 7.69. The summed E-state index contributed by atoms with van der Waals surface area (Å²) in [7, 11) is 0. The molecule has 2 amide bonds. The number of rotatable bonds is 6. The molecule has 1 aromatic rings. The van der Waals surface area contributed by atoms with Gasteiger partial charge in [0, 0.05) is 42.3 Å². The first-order chi connectivity index (χ1) is 13.3. The summed E-state index contributed by atoms with van der Waals surface area (Å²) in [6.45, 7) is 2.15. The Balaban J connectivity index is 1.75. The van der Waals surface area contributed by atoms with Crippen LogP contribution in [0.1, 0.15) is 31.7 Å². The Kier molecular flexibility index (Phi) is 5.48. The van der Waals surface area contributed by atoms with E-state index in [4.69, 9.17) is 0 Å². The number of anilines is 1. The van der Waals surface area contributed by atoms with Crippen LogP contribution in [0.3, 0.4) is 0 Å². The normalized spacial score (nSPS) is 25.0. The molecule has 0 spiro atoms. The maximum Gasteiger partial charge on any atom is 0.269 e. The number of nitro benzene ring substituents is 1. The Labute approximate surface area is 161 Å². The molecule has 0 bridgehead atoms. The Morgan fingerprint density at radius 2 is 2.29 bits per heavy atom. The molecular weight excluding hydrogens is 366 g/mol. The van der Waals surface area contributed by atoms with E-state index < -0.39 is 22.3 Å². The number of nitro groups is 1. The van der Waals surface area contributed by atoms with Crippen molar-refractivity contribution in [3.63, 3.8) is 0 Å². The maximum absolute atomic E-state index is 12.4. The highest BCUT2D eigenvalue weighted by Crippen LogP contribution is 2.43. The van der Waals surface area contributed by atoms with Gasteiger partial charge in [-0.1, -0.05) is 19.1 Å². The minimum Gasteiger partial charge on any atom is -0.394 e. The summed E-state index contributed by atoms with van der Waals surface area (Å²) >= 11 is 0. The van der Waals surface area contributed by atoms with E-state index in [2.05, 4.69) is 5.32 Å². The minimum absolute atomic E-state index is 0.0681. The number of hydrogen-bond acceptors (Lipinski definition) is 6. The van der Waals surface area contributed by atoms with Crippen molar-refractivity contribution in [3.8, 4) is 0 Å². The van der Waals surface area contributed by atoms with Gasteiger partial charge in [0.1, 0.15) is 0 Å². The monoisotopic (exact) mass is 389 g/mol. The van der Waals surface area contributed by atoms with Gasteiger partial charge >= 0.3 is 0 Å². The van der Waals surface area contributed by atoms with Crippen LogP contribution < -0.4 is 5.32 Å². The molecule has 150 valence electrons. The number of nitrogens with one attached hydrogen (secondary N) is 1. The van der Waals surface area contributed by atoms with Crippen LogP contribution in [-0.4, -0.2) is 51.0 Å². The van der Waals surface area contributed by atoms with Crippen LogP contribution in [-0.2, 0) is 15.2 Å². The van der Waals surface area contributed by atoms with Gasteiger partial charge in [-0.15, -0.1) is 0 Å². The highest BCUT2D eigenvalue weighted by Gasteiger charge is 2.49. The van der Waals surface area contributed by atoms with Gasteiger partial charge in [0.25, 0.3) is 11.6 Å². The van der Waals surface area contributed by atoms with Crippen LogP contribution in [0.2, 0.25) is 0 Å². The summed E-state index contributed by atoms with van der Waals surface area (Å²) in [5, 5.41) is 33.9. The molecule has 0 aromatic heterocycles. The van der Waals surface area contributed by atoms with Crippen LogP contribution in [0.4, 0.5) is 11.4 Å². The van der Waals surface area contributed by atoms with E-state index in [1.807, 2.05) is 0 Å². The van der Waals surface area contributed by atoms with Crippen molar-refractivity contribution in [2.75, 3.05) is 18.5 Å². The third-order valence-electron chi connectivity index (χ3n) is 5.50. The molecule has 0 saturated carbocycles. The standard InChI is InChI=1S/C19H23N3O6/c1-12(4-2-6-17(24)21-9-3-5-14(21)11-23)19(26)15-10-13(22(27)28)7-8-16(15)20-18(19)25/h2,4,7-8,10,12,14,23,26H,3,5-6,9,11H2,1H3,(H,20,25)/b4-2+/t12-,14+,19+/m1/s1. The van der Waals surface area contributed by atoms with Crippen LogP contribution >= 0.6 is 0 Å². The lowest BCUT2D eigenvalue weighted by Crippen LogP contribution is -2.40. The first-order valence-corrected chi connectivity index (χ1v) is 9.18. The summed E-state index contributed by atoms with van der Waals surface area (Å²) in [5.74, 6) is -1.50. The largest absolute Gasteiger partial charge is 0.394 e. The average molecular weight is 389 g/mol. The van der Waals surface area contributed by atoms with Gasteiger partial charge < -0.3 is 20.4 Å². The highest BCUT2D eigenvalue weighted by molar-refractivity contribution is 6.05. The third kappa shape index (κ3) is 3.38. The van der Waals surface area contributed by atoms with Gasteiger partial charge in [0.15, 0.2) is 5.60 Å². The molecule has 2 aliphatic heterocycles. The zero-order valence-corrected chi connectivity index (χ0v) is 15.5. The van der Waals surface area contributed by atoms with Gasteiger partial charge in [-0.05, 0) is 18.9 Å². The van der Waals surface area contributed by atoms with Crippen LogP contribution in [0, 0.1) is 16.0 Å². The van der Waals surface area contributed by atoms with E-state index in [0.29, 0.717) is 12.2 Å². The number of aliphatic hydroxyl groups excluding tert-OH is 1. The Morgan fingerprint density at radius 1 is 1.54 bits per heavy atom. The zero-order valence-electron chi connectivity index (χ0n) is 15.5. The number of carbonyl (C=O) groups excluding carboxylic acids is 2. The lowest BCUT2D eigenvalue weighted by molar-refractivity contribution is -0.385. The Bertz CT molecular complexity index is 839. The Morgan fingerprint density at radius 3 is 2.96 bits per heavy atom. The summed E-state index contributed by atoms with van der Waals surface area (Å²) in [4.78, 5) is 36.8. The number of benzene rings is 1. The zero-order chi connectivity index (χ0) is 20.5. The molecule has 0 unspecified atom stereocenters. The van der Waals surface area contributed by atoms with Gasteiger partial charge in [0.2, 0.25) is 5.91 Å². The molecule has 3 rings (SSSR count). The summed E-state index contributed by atoms with van der Waals surface area (Å²) in [5.41, 5.74) is -1.70. The van der Waals surface area contributed by atoms with Crippen molar-refractivity contribution >= 4 is 23.2 Å². The number of fused-ring (bicyclic) bond motifs is 1. The lowest BCUT2D eigenvalue weighted by Gasteiger charge is -2.26. The second-order valence-corrected chi connectivity index (χ2v) is 7.19. The van der Waals surface area contributed by atoms with Crippen molar-refractivity contribution in [1.82, 2.24) is 4.90 Å². The predicted octanol–water partition coefficient (Wildman–Crippen LogP) is 1.30. The SMILES string of the molecule is C[C@H](/C=C/CC(=O)N1CCC[C@H]1CO)[C@@]1(O)C(=O)Nc2ccc([N+](=O)[O-])cc21. The molecule has 1 aromatic carbocycles. The van der Waals surface area contributed by atoms with Gasteiger partial charge in [0.05, 0.1) is 17.6 Å². The molecule has 2 aliphatic rings. The minimum atomic E-state index is -1.96. The number of non-ortho nitro benzene ring substituents is 1. The van der Waals surface area contributed by atoms with Crippen LogP contribution in [0.25, 0.3) is 0 Å². The molecule has 3 atom stereocenters. The topological polar surface area (TPSA) is 133 Å². The molecule has 3 N–H and O–H groups in total. The molecule has 1 saturated heterocycles. The van der Waals surface area contributed by atoms with E-state index in [-0.39, 0.29) is 36.2 Å². The summed E-state index contributed by atoms with van der Waals surface area (Å²) in [6.07, 6.45) is 4.86. The van der Waals surface area contributed by atoms with E-state index in [9.17, 15) is 29.9 Å². The van der Waals surface area contributed by atoms with Gasteiger partial charge in [-0.25, -0.2) is 0 Å². The van der Waals surface area contributed by atoms with E-state index in [0.717, 1.165) is 12.8 Å². The van der Waals surface area contributed by atoms with E-state index in [1.54, 1.807) is 24.0 Å². The predicted molar refractivity (Wildman–Crippen MR) is 100 cm³/mol. The van der Waals surface area contributed by atoms with Gasteiger partial charge in [-0.2, -0.15) is 0 Å². The first kappa shape index (κ1) is 20.0. The molecule has 0 aliphatic carbocycles. The molecule has 28 heavy (non-hydrogen) atoms. The number of aliphatic hydroxyl groups is 2. The van der Waals surface area contributed by atoms with Crippen molar-refractivity contribution in [3.05, 3.63) is 46.0 Å². The molecule has 9 nitrogen and oxygen atoms in total. The van der Waals surface area contributed by atoms with Crippen LogP contribution in [0.15, 0.2) is 30.4 Å². The molecule has 0 radical (unpaired) electrons. The fraction of sp³-hybridized carbons (Fsp3) is 0.474. The summed E-state index contributed by atoms with van der Waals surface area (Å²) in [6, 6.07) is 3.69. The van der Waals surface area contributed by atoms with Crippen molar-refractivity contribution in [1.29, 1.82) is 0 Å². The highest BCUT2D eigenvalue weighted by atomic mass is 16.6. The quantitative estimate of drug-likeness (QED) is 0.382. The van der Waals surface area contributed by atoms with E-state index >= 15 is 0 Å². The van der Waals surface area contributed by atoms with Crippen molar-refractivity contribution in [2.45, 2.75) is 37.8 Å². The molecule has 9 heteroatoms. The number of amides is 2. The fourth-order valence-electron chi connectivity index (χ4n) is 3.85. The first-order valence-electron chi connectivity index (χ1n) is 9.18. The summed E-state index contributed by atoms with van der Waals surface area (Å²) < 4.78 is 0. The van der Waals surface area contributed by atoms with Crippen molar-refractivity contribution < 1.29 is 24.7 Å². The van der Waals surface area contributed by atoms with E-state index in [1.165, 1.54) is 18.2 Å². The maximum atomic E-state index is 12.4. The van der Waals surface area contributed by atoms with Crippen molar-refractivity contribution in [2.24, 2.45) is 5.92 Å². The second-order valence-electron chi connectivity index (χ2n) is 7.19. The molecule has 1 fully saturated rings. The number of carbonyl (C=O) groups is 2. The van der Waals surface area contributed by atoms with Gasteiger partial charge in [-0.3, -0.25) is 19.7 Å².